The topological polar surface area (TPSA) is 57.5 Å². The molecule has 1 unspecified atom stereocenters. The highest BCUT2D eigenvalue weighted by Gasteiger charge is 2.27. The van der Waals surface area contributed by atoms with E-state index in [1.54, 1.807) is 13.3 Å². The molecule has 1 aromatic heterocycles. The number of hydrogen-bond donors (Lipinski definition) is 1. The average Bonchev–Trinajstić information content (AvgIpc) is 3.04. The lowest BCUT2D eigenvalue weighted by atomic mass is 10.1. The summed E-state index contributed by atoms with van der Waals surface area (Å²) in [4.78, 5) is 0. The summed E-state index contributed by atoms with van der Waals surface area (Å²) in [6.45, 7) is 5.54. The molecule has 0 saturated carbocycles. The maximum atomic E-state index is 5.52. The van der Waals surface area contributed by atoms with Crippen molar-refractivity contribution in [1.82, 2.24) is 15.1 Å². The van der Waals surface area contributed by atoms with Gasteiger partial charge in [0.15, 0.2) is 12.0 Å². The molecule has 0 amide bonds. The summed E-state index contributed by atoms with van der Waals surface area (Å²) < 4.78 is 18.4. The Morgan fingerprint density at radius 2 is 2.16 bits per heavy atom. The predicted molar refractivity (Wildman–Crippen MR) is 71.3 cm³/mol. The van der Waals surface area contributed by atoms with Crippen LogP contribution in [-0.4, -0.2) is 43.4 Å². The van der Waals surface area contributed by atoms with Gasteiger partial charge in [0, 0.05) is 12.5 Å². The lowest BCUT2D eigenvalue weighted by molar-refractivity contribution is -0.0532. The van der Waals surface area contributed by atoms with Crippen LogP contribution in [0.15, 0.2) is 6.20 Å². The summed E-state index contributed by atoms with van der Waals surface area (Å²) in [6, 6.07) is 0.364. The zero-order chi connectivity index (χ0) is 13.8. The van der Waals surface area contributed by atoms with E-state index in [1.807, 2.05) is 11.7 Å². The third-order valence-corrected chi connectivity index (χ3v) is 3.31. The fourth-order valence-electron chi connectivity index (χ4n) is 2.36. The van der Waals surface area contributed by atoms with Gasteiger partial charge in [-0.3, -0.25) is 4.68 Å². The minimum Gasteiger partial charge on any atom is -0.493 e. The minimum atomic E-state index is -0.155. The molecule has 0 radical (unpaired) electrons. The third kappa shape index (κ3) is 3.08. The van der Waals surface area contributed by atoms with Crippen molar-refractivity contribution in [1.29, 1.82) is 0 Å². The summed E-state index contributed by atoms with van der Waals surface area (Å²) in [7, 11) is 3.59. The number of nitrogens with zero attached hydrogens (tertiary/aromatic N) is 2. The van der Waals surface area contributed by atoms with Crippen molar-refractivity contribution in [3.63, 3.8) is 0 Å². The van der Waals surface area contributed by atoms with Crippen molar-refractivity contribution < 1.29 is 14.2 Å². The van der Waals surface area contributed by atoms with Crippen LogP contribution in [0.5, 0.6) is 5.75 Å². The van der Waals surface area contributed by atoms with Crippen molar-refractivity contribution in [2.75, 3.05) is 27.4 Å². The second-order valence-electron chi connectivity index (χ2n) is 4.88. The highest BCUT2D eigenvalue weighted by atomic mass is 16.7. The zero-order valence-electron chi connectivity index (χ0n) is 12.0. The van der Waals surface area contributed by atoms with Crippen LogP contribution in [0.1, 0.15) is 38.0 Å². The lowest BCUT2D eigenvalue weighted by Gasteiger charge is -2.23. The molecule has 0 spiro atoms. The first-order chi connectivity index (χ1) is 9.17. The van der Waals surface area contributed by atoms with Gasteiger partial charge in [-0.05, 0) is 20.9 Å². The van der Waals surface area contributed by atoms with E-state index in [-0.39, 0.29) is 18.4 Å². The molecule has 1 saturated heterocycles. The molecule has 0 aliphatic carbocycles. The number of aromatic nitrogens is 2. The second kappa shape index (κ2) is 6.36. The Labute approximate surface area is 114 Å². The van der Waals surface area contributed by atoms with Crippen molar-refractivity contribution in [3.8, 4) is 5.75 Å². The second-order valence-corrected chi connectivity index (χ2v) is 4.88. The van der Waals surface area contributed by atoms with Gasteiger partial charge in [0.25, 0.3) is 0 Å². The van der Waals surface area contributed by atoms with Crippen LogP contribution in [0.25, 0.3) is 0 Å². The Morgan fingerprint density at radius 1 is 1.47 bits per heavy atom. The molecule has 1 fully saturated rings. The van der Waals surface area contributed by atoms with Gasteiger partial charge < -0.3 is 19.5 Å². The number of hydrogen-bond acceptors (Lipinski definition) is 5. The van der Waals surface area contributed by atoms with Gasteiger partial charge in [0.2, 0.25) is 0 Å². The minimum absolute atomic E-state index is 0.0861. The Morgan fingerprint density at radius 3 is 2.68 bits per heavy atom. The largest absolute Gasteiger partial charge is 0.493 e. The molecule has 1 aliphatic heterocycles. The lowest BCUT2D eigenvalue weighted by Crippen LogP contribution is -2.26. The van der Waals surface area contributed by atoms with Crippen LogP contribution in [0.4, 0.5) is 0 Å². The Balaban J connectivity index is 2.22. The van der Waals surface area contributed by atoms with Crippen LogP contribution in [-0.2, 0) is 9.47 Å². The van der Waals surface area contributed by atoms with E-state index in [9.17, 15) is 0 Å². The molecule has 0 aromatic carbocycles. The van der Waals surface area contributed by atoms with Gasteiger partial charge in [-0.15, -0.1) is 0 Å². The fraction of sp³-hybridized carbons (Fsp3) is 0.769. The van der Waals surface area contributed by atoms with Gasteiger partial charge >= 0.3 is 0 Å². The molecule has 0 bridgehead atoms. The SMILES string of the molecule is CNC(CC1OCCO1)c1c(OC)cnn1C(C)C. The zero-order valence-corrected chi connectivity index (χ0v) is 12.0. The Bertz CT molecular complexity index is 400. The molecule has 6 nitrogen and oxygen atoms in total. The van der Waals surface area contributed by atoms with Gasteiger partial charge in [-0.2, -0.15) is 5.10 Å². The van der Waals surface area contributed by atoms with Crippen molar-refractivity contribution in [2.45, 2.75) is 38.6 Å². The number of nitrogens with one attached hydrogen (secondary N) is 1. The fourth-order valence-corrected chi connectivity index (χ4v) is 2.36. The van der Waals surface area contributed by atoms with E-state index in [2.05, 4.69) is 24.3 Å². The summed E-state index contributed by atoms with van der Waals surface area (Å²) in [5.74, 6) is 0.797. The van der Waals surface area contributed by atoms with Crippen molar-refractivity contribution >= 4 is 0 Å². The molecule has 2 heterocycles. The molecular formula is C13H23N3O3. The van der Waals surface area contributed by atoms with Crippen LogP contribution in [0.3, 0.4) is 0 Å². The molecule has 2 rings (SSSR count). The molecule has 1 atom stereocenters. The van der Waals surface area contributed by atoms with Gasteiger partial charge in [-0.1, -0.05) is 0 Å². The van der Waals surface area contributed by atoms with Gasteiger partial charge in [0.05, 0.1) is 38.3 Å². The van der Waals surface area contributed by atoms with Crippen molar-refractivity contribution in [3.05, 3.63) is 11.9 Å². The first-order valence-corrected chi connectivity index (χ1v) is 6.69. The van der Waals surface area contributed by atoms with Gasteiger partial charge in [0.1, 0.15) is 0 Å². The molecule has 6 heteroatoms. The molecule has 1 aliphatic rings. The maximum absolute atomic E-state index is 5.52. The van der Waals surface area contributed by atoms with Crippen LogP contribution < -0.4 is 10.1 Å². The molecule has 1 aromatic rings. The first kappa shape index (κ1) is 14.3. The Hall–Kier alpha value is -1.11. The van der Waals surface area contributed by atoms with Crippen LogP contribution in [0, 0.1) is 0 Å². The first-order valence-electron chi connectivity index (χ1n) is 6.69. The van der Waals surface area contributed by atoms with Crippen LogP contribution >= 0.6 is 0 Å². The van der Waals surface area contributed by atoms with Crippen LogP contribution in [0.2, 0.25) is 0 Å². The molecular weight excluding hydrogens is 246 g/mol. The summed E-state index contributed by atoms with van der Waals surface area (Å²) in [5.41, 5.74) is 1.04. The number of methoxy groups -OCH3 is 1. The predicted octanol–water partition coefficient (Wildman–Crippen LogP) is 1.50. The smallest absolute Gasteiger partial charge is 0.161 e. The standard InChI is InChI=1S/C13H23N3O3/c1-9(2)16-13(11(17-4)8-15-16)10(14-3)7-12-18-5-6-19-12/h8-10,12,14H,5-7H2,1-4H3. The molecule has 1 N–H and O–H groups in total. The average molecular weight is 269 g/mol. The molecule has 19 heavy (non-hydrogen) atoms. The van der Waals surface area contributed by atoms with E-state index < -0.39 is 0 Å². The van der Waals surface area contributed by atoms with E-state index in [0.717, 1.165) is 17.9 Å². The van der Waals surface area contributed by atoms with E-state index in [4.69, 9.17) is 14.2 Å². The Kier molecular flexibility index (Phi) is 4.79. The maximum Gasteiger partial charge on any atom is 0.161 e. The normalized spacial score (nSPS) is 18.2. The monoisotopic (exact) mass is 269 g/mol. The van der Waals surface area contributed by atoms with E-state index >= 15 is 0 Å². The summed E-state index contributed by atoms with van der Waals surface area (Å²) in [5, 5.41) is 7.70. The highest BCUT2D eigenvalue weighted by Crippen LogP contribution is 2.31. The van der Waals surface area contributed by atoms with E-state index in [1.165, 1.54) is 0 Å². The third-order valence-electron chi connectivity index (χ3n) is 3.31. The quantitative estimate of drug-likeness (QED) is 0.848. The van der Waals surface area contributed by atoms with Gasteiger partial charge in [-0.25, -0.2) is 0 Å². The van der Waals surface area contributed by atoms with Crippen molar-refractivity contribution in [2.24, 2.45) is 0 Å². The highest BCUT2D eigenvalue weighted by molar-refractivity contribution is 5.28. The van der Waals surface area contributed by atoms with E-state index in [0.29, 0.717) is 13.2 Å². The summed E-state index contributed by atoms with van der Waals surface area (Å²) >= 11 is 0. The number of rotatable bonds is 6. The molecule has 108 valence electrons. The summed E-state index contributed by atoms with van der Waals surface area (Å²) in [6.07, 6.45) is 2.35. The number of ether oxygens (including phenoxy) is 3.